The van der Waals surface area contributed by atoms with E-state index in [9.17, 15) is 5.26 Å². The first-order valence-electron chi connectivity index (χ1n) is 7.83. The van der Waals surface area contributed by atoms with E-state index in [0.29, 0.717) is 24.8 Å². The van der Waals surface area contributed by atoms with Gasteiger partial charge >= 0.3 is 0 Å². The summed E-state index contributed by atoms with van der Waals surface area (Å²) in [5.41, 5.74) is 1.33. The fraction of sp³-hybridized carbons (Fsp3) is 0.471. The van der Waals surface area contributed by atoms with Crippen LogP contribution in [0.2, 0.25) is 0 Å². The molecule has 0 aliphatic rings. The van der Waals surface area contributed by atoms with E-state index in [4.69, 9.17) is 9.47 Å². The van der Waals surface area contributed by atoms with E-state index in [1.807, 2.05) is 24.3 Å². The quantitative estimate of drug-likeness (QED) is 0.748. The number of benzene rings is 1. The lowest BCUT2D eigenvalue weighted by Crippen LogP contribution is -2.15. The van der Waals surface area contributed by atoms with Gasteiger partial charge in [-0.25, -0.2) is 4.68 Å². The standard InChI is InChI=1S/C17H22N4O2/c1-4-13(5-2)17-16(12-18)19-20-21(17)10-11-23-15-8-6-14(22-3)7-9-15/h6-9,13H,4-5,10-11H2,1-3H3. The second-order valence-electron chi connectivity index (χ2n) is 5.20. The normalized spacial score (nSPS) is 10.6. The Morgan fingerprint density at radius 1 is 1.17 bits per heavy atom. The molecule has 0 radical (unpaired) electrons. The molecule has 0 amide bonds. The molecule has 1 heterocycles. The summed E-state index contributed by atoms with van der Waals surface area (Å²) in [5.74, 6) is 1.86. The van der Waals surface area contributed by atoms with Gasteiger partial charge in [0.15, 0.2) is 5.69 Å². The van der Waals surface area contributed by atoms with Gasteiger partial charge in [0.25, 0.3) is 0 Å². The zero-order chi connectivity index (χ0) is 16.7. The molecule has 0 unspecified atom stereocenters. The van der Waals surface area contributed by atoms with Gasteiger partial charge in [-0.1, -0.05) is 19.1 Å². The first-order valence-corrected chi connectivity index (χ1v) is 7.83. The van der Waals surface area contributed by atoms with Crippen LogP contribution in [0, 0.1) is 11.3 Å². The minimum absolute atomic E-state index is 0.292. The van der Waals surface area contributed by atoms with Crippen molar-refractivity contribution in [3.8, 4) is 17.6 Å². The Balaban J connectivity index is 2.02. The topological polar surface area (TPSA) is 73.0 Å². The molecule has 23 heavy (non-hydrogen) atoms. The van der Waals surface area contributed by atoms with Crippen molar-refractivity contribution >= 4 is 0 Å². The molecular weight excluding hydrogens is 292 g/mol. The van der Waals surface area contributed by atoms with E-state index in [1.165, 1.54) is 0 Å². The molecule has 1 aromatic heterocycles. The first kappa shape index (κ1) is 16.8. The Morgan fingerprint density at radius 2 is 1.83 bits per heavy atom. The van der Waals surface area contributed by atoms with E-state index in [-0.39, 0.29) is 0 Å². The van der Waals surface area contributed by atoms with Crippen molar-refractivity contribution in [1.29, 1.82) is 5.26 Å². The number of methoxy groups -OCH3 is 1. The minimum atomic E-state index is 0.292. The summed E-state index contributed by atoms with van der Waals surface area (Å²) in [6, 6.07) is 9.57. The van der Waals surface area contributed by atoms with Gasteiger partial charge in [-0.15, -0.1) is 5.10 Å². The molecule has 0 aliphatic carbocycles. The van der Waals surface area contributed by atoms with Crippen LogP contribution in [0.25, 0.3) is 0 Å². The molecule has 0 spiro atoms. The van der Waals surface area contributed by atoms with Gasteiger partial charge in [-0.2, -0.15) is 5.26 Å². The Morgan fingerprint density at radius 3 is 2.39 bits per heavy atom. The number of hydrogen-bond donors (Lipinski definition) is 0. The van der Waals surface area contributed by atoms with Gasteiger partial charge in [0, 0.05) is 5.92 Å². The summed E-state index contributed by atoms with van der Waals surface area (Å²) in [6.45, 7) is 5.25. The molecule has 0 saturated carbocycles. The molecule has 0 fully saturated rings. The molecule has 1 aromatic carbocycles. The van der Waals surface area contributed by atoms with Gasteiger partial charge in [-0.05, 0) is 37.1 Å². The molecule has 0 saturated heterocycles. The van der Waals surface area contributed by atoms with Gasteiger partial charge in [0.1, 0.15) is 24.2 Å². The Kier molecular flexibility index (Phi) is 5.98. The molecule has 122 valence electrons. The Hall–Kier alpha value is -2.55. The van der Waals surface area contributed by atoms with Crippen molar-refractivity contribution < 1.29 is 9.47 Å². The average Bonchev–Trinajstić information content (AvgIpc) is 3.00. The third-order valence-electron chi connectivity index (χ3n) is 3.88. The number of nitriles is 1. The van der Waals surface area contributed by atoms with Gasteiger partial charge < -0.3 is 9.47 Å². The number of rotatable bonds is 8. The molecule has 0 atom stereocenters. The molecular formula is C17H22N4O2. The lowest BCUT2D eigenvalue weighted by atomic mass is 9.98. The monoisotopic (exact) mass is 314 g/mol. The summed E-state index contributed by atoms with van der Waals surface area (Å²) >= 11 is 0. The largest absolute Gasteiger partial charge is 0.497 e. The van der Waals surface area contributed by atoms with E-state index in [0.717, 1.165) is 30.0 Å². The van der Waals surface area contributed by atoms with Crippen molar-refractivity contribution in [2.45, 2.75) is 39.2 Å². The fourth-order valence-electron chi connectivity index (χ4n) is 2.57. The van der Waals surface area contributed by atoms with Crippen molar-refractivity contribution in [1.82, 2.24) is 15.0 Å². The zero-order valence-electron chi connectivity index (χ0n) is 13.8. The van der Waals surface area contributed by atoms with Crippen LogP contribution in [0.1, 0.15) is 44.0 Å². The molecule has 0 N–H and O–H groups in total. The highest BCUT2D eigenvalue weighted by atomic mass is 16.5. The summed E-state index contributed by atoms with van der Waals surface area (Å²) < 4.78 is 12.6. The van der Waals surface area contributed by atoms with Crippen LogP contribution in [0.15, 0.2) is 24.3 Å². The molecule has 0 bridgehead atoms. The fourth-order valence-corrected chi connectivity index (χ4v) is 2.57. The number of ether oxygens (including phenoxy) is 2. The summed E-state index contributed by atoms with van der Waals surface area (Å²) in [4.78, 5) is 0. The van der Waals surface area contributed by atoms with Crippen molar-refractivity contribution in [3.63, 3.8) is 0 Å². The molecule has 2 aromatic rings. The smallest absolute Gasteiger partial charge is 0.186 e. The highest BCUT2D eigenvalue weighted by Gasteiger charge is 2.19. The minimum Gasteiger partial charge on any atom is -0.497 e. The third-order valence-corrected chi connectivity index (χ3v) is 3.88. The maximum atomic E-state index is 9.22. The number of nitrogens with zero attached hydrogens (tertiary/aromatic N) is 4. The summed E-state index contributed by atoms with van der Waals surface area (Å²) in [6.07, 6.45) is 1.91. The van der Waals surface area contributed by atoms with Crippen LogP contribution in [0.5, 0.6) is 11.5 Å². The van der Waals surface area contributed by atoms with Crippen LogP contribution in [-0.2, 0) is 6.54 Å². The second kappa shape index (κ2) is 8.18. The molecule has 0 aliphatic heterocycles. The second-order valence-corrected chi connectivity index (χ2v) is 5.20. The maximum absolute atomic E-state index is 9.22. The first-order chi connectivity index (χ1) is 11.2. The van der Waals surface area contributed by atoms with Gasteiger partial charge in [-0.3, -0.25) is 0 Å². The van der Waals surface area contributed by atoms with Crippen LogP contribution in [0.4, 0.5) is 0 Å². The summed E-state index contributed by atoms with van der Waals surface area (Å²) in [5, 5.41) is 17.3. The van der Waals surface area contributed by atoms with E-state index in [1.54, 1.807) is 11.8 Å². The lowest BCUT2D eigenvalue weighted by Gasteiger charge is -2.15. The van der Waals surface area contributed by atoms with E-state index < -0.39 is 0 Å². The molecule has 6 heteroatoms. The highest BCUT2D eigenvalue weighted by Crippen LogP contribution is 2.25. The van der Waals surface area contributed by atoms with Crippen molar-refractivity contribution in [2.75, 3.05) is 13.7 Å². The van der Waals surface area contributed by atoms with E-state index in [2.05, 4.69) is 30.2 Å². The third kappa shape index (κ3) is 4.01. The highest BCUT2D eigenvalue weighted by molar-refractivity contribution is 5.31. The Labute approximate surface area is 136 Å². The van der Waals surface area contributed by atoms with Crippen LogP contribution in [0.3, 0.4) is 0 Å². The zero-order valence-corrected chi connectivity index (χ0v) is 13.8. The molecule has 2 rings (SSSR count). The van der Waals surface area contributed by atoms with Gasteiger partial charge in [0.05, 0.1) is 19.3 Å². The van der Waals surface area contributed by atoms with Crippen molar-refractivity contribution in [2.24, 2.45) is 0 Å². The summed E-state index contributed by atoms with van der Waals surface area (Å²) in [7, 11) is 1.63. The predicted molar refractivity (Wildman–Crippen MR) is 86.5 cm³/mol. The molecule has 6 nitrogen and oxygen atoms in total. The van der Waals surface area contributed by atoms with Crippen LogP contribution < -0.4 is 9.47 Å². The lowest BCUT2D eigenvalue weighted by molar-refractivity contribution is 0.285. The van der Waals surface area contributed by atoms with Gasteiger partial charge in [0.2, 0.25) is 0 Å². The predicted octanol–water partition coefficient (Wildman–Crippen LogP) is 3.14. The number of hydrogen-bond acceptors (Lipinski definition) is 5. The van der Waals surface area contributed by atoms with E-state index >= 15 is 0 Å². The SMILES string of the molecule is CCC(CC)c1c(C#N)nnn1CCOc1ccc(OC)cc1. The van der Waals surface area contributed by atoms with Crippen LogP contribution >= 0.6 is 0 Å². The van der Waals surface area contributed by atoms with Crippen molar-refractivity contribution in [3.05, 3.63) is 35.7 Å². The van der Waals surface area contributed by atoms with Crippen LogP contribution in [-0.4, -0.2) is 28.7 Å². The Bertz CT molecular complexity index is 654. The maximum Gasteiger partial charge on any atom is 0.186 e. The average molecular weight is 314 g/mol. The number of aromatic nitrogens is 3.